The second-order valence-electron chi connectivity index (χ2n) is 4.18. The lowest BCUT2D eigenvalue weighted by atomic mass is 10.2. The molecule has 1 aromatic rings. The van der Waals surface area contributed by atoms with Crippen LogP contribution in [-0.2, 0) is 0 Å². The van der Waals surface area contributed by atoms with Gasteiger partial charge in [0.15, 0.2) is 5.69 Å². The van der Waals surface area contributed by atoms with E-state index in [9.17, 15) is 4.79 Å². The molecular weight excluding hydrogens is 224 g/mol. The summed E-state index contributed by atoms with van der Waals surface area (Å²) in [5.74, 6) is 0.997. The first-order chi connectivity index (χ1) is 7.74. The zero-order valence-electron chi connectivity index (χ0n) is 8.67. The SMILES string of the molecule is O=C(O)c1cccc(N2C[C@@H]3C[C@H]2CS3)n1. The van der Waals surface area contributed by atoms with Gasteiger partial charge in [0, 0.05) is 23.6 Å². The van der Waals surface area contributed by atoms with E-state index in [1.807, 2.05) is 17.8 Å². The molecule has 0 spiro atoms. The van der Waals surface area contributed by atoms with Crippen LogP contribution in [0.25, 0.3) is 0 Å². The third-order valence-electron chi connectivity index (χ3n) is 3.15. The number of hydrogen-bond donors (Lipinski definition) is 1. The summed E-state index contributed by atoms with van der Waals surface area (Å²) in [6, 6.07) is 5.75. The molecule has 2 fully saturated rings. The van der Waals surface area contributed by atoms with Gasteiger partial charge < -0.3 is 10.0 Å². The fourth-order valence-electron chi connectivity index (χ4n) is 2.38. The van der Waals surface area contributed by atoms with Gasteiger partial charge in [0.05, 0.1) is 0 Å². The number of aromatic nitrogens is 1. The Hall–Kier alpha value is -1.23. The van der Waals surface area contributed by atoms with Crippen LogP contribution in [0, 0.1) is 0 Å². The summed E-state index contributed by atoms with van der Waals surface area (Å²) < 4.78 is 0. The highest BCUT2D eigenvalue weighted by Crippen LogP contribution is 2.39. The van der Waals surface area contributed by atoms with Gasteiger partial charge in [-0.05, 0) is 18.6 Å². The summed E-state index contributed by atoms with van der Waals surface area (Å²) >= 11 is 2.02. The van der Waals surface area contributed by atoms with Crippen molar-refractivity contribution in [3.8, 4) is 0 Å². The summed E-state index contributed by atoms with van der Waals surface area (Å²) in [4.78, 5) is 17.3. The maximum atomic E-state index is 10.8. The minimum atomic E-state index is -0.958. The summed E-state index contributed by atoms with van der Waals surface area (Å²) in [6.07, 6.45) is 1.21. The molecule has 84 valence electrons. The topological polar surface area (TPSA) is 53.4 Å². The maximum Gasteiger partial charge on any atom is 0.354 e. The average Bonchev–Trinajstić information content (AvgIpc) is 2.91. The van der Waals surface area contributed by atoms with Crippen molar-refractivity contribution in [3.05, 3.63) is 23.9 Å². The van der Waals surface area contributed by atoms with E-state index in [1.54, 1.807) is 6.07 Å². The van der Waals surface area contributed by atoms with Crippen molar-refractivity contribution >= 4 is 23.5 Å². The Kier molecular flexibility index (Phi) is 2.28. The molecule has 16 heavy (non-hydrogen) atoms. The third kappa shape index (κ3) is 1.55. The highest BCUT2D eigenvalue weighted by atomic mass is 32.2. The van der Waals surface area contributed by atoms with Gasteiger partial charge in [0.1, 0.15) is 5.82 Å². The van der Waals surface area contributed by atoms with E-state index in [4.69, 9.17) is 5.11 Å². The van der Waals surface area contributed by atoms with Crippen LogP contribution in [0.5, 0.6) is 0 Å². The number of aromatic carboxylic acids is 1. The van der Waals surface area contributed by atoms with E-state index in [0.717, 1.165) is 18.1 Å². The first kappa shape index (κ1) is 9.96. The van der Waals surface area contributed by atoms with Crippen molar-refractivity contribution in [1.29, 1.82) is 0 Å². The van der Waals surface area contributed by atoms with Gasteiger partial charge in [-0.2, -0.15) is 11.8 Å². The predicted molar refractivity (Wildman–Crippen MR) is 63.2 cm³/mol. The third-order valence-corrected chi connectivity index (χ3v) is 4.54. The van der Waals surface area contributed by atoms with Crippen molar-refractivity contribution in [3.63, 3.8) is 0 Å². The second-order valence-corrected chi connectivity index (χ2v) is 5.52. The molecule has 1 aromatic heterocycles. The number of nitrogens with zero attached hydrogens (tertiary/aromatic N) is 2. The Labute approximate surface area is 97.7 Å². The van der Waals surface area contributed by atoms with Crippen molar-refractivity contribution in [2.45, 2.75) is 17.7 Å². The zero-order chi connectivity index (χ0) is 11.1. The first-order valence-electron chi connectivity index (χ1n) is 5.32. The molecule has 0 aliphatic carbocycles. The number of anilines is 1. The van der Waals surface area contributed by atoms with Gasteiger partial charge in [-0.25, -0.2) is 9.78 Å². The van der Waals surface area contributed by atoms with Crippen LogP contribution in [0.4, 0.5) is 5.82 Å². The van der Waals surface area contributed by atoms with E-state index >= 15 is 0 Å². The molecule has 3 rings (SSSR count). The van der Waals surface area contributed by atoms with E-state index < -0.39 is 5.97 Å². The monoisotopic (exact) mass is 236 g/mol. The van der Waals surface area contributed by atoms with Gasteiger partial charge >= 0.3 is 5.97 Å². The van der Waals surface area contributed by atoms with Gasteiger partial charge in [0.2, 0.25) is 0 Å². The number of pyridine rings is 1. The Bertz CT molecular complexity index is 438. The van der Waals surface area contributed by atoms with E-state index in [-0.39, 0.29) is 5.69 Å². The summed E-state index contributed by atoms with van der Waals surface area (Å²) in [5.41, 5.74) is 0.132. The fraction of sp³-hybridized carbons (Fsp3) is 0.455. The van der Waals surface area contributed by atoms with Crippen LogP contribution in [0.3, 0.4) is 0 Å². The number of fused-ring (bicyclic) bond motifs is 2. The van der Waals surface area contributed by atoms with Gasteiger partial charge in [-0.1, -0.05) is 6.07 Å². The van der Waals surface area contributed by atoms with E-state index in [2.05, 4.69) is 9.88 Å². The van der Waals surface area contributed by atoms with Gasteiger partial charge in [-0.3, -0.25) is 0 Å². The average molecular weight is 236 g/mol. The summed E-state index contributed by atoms with van der Waals surface area (Å²) in [7, 11) is 0. The molecule has 3 heterocycles. The molecule has 0 aromatic carbocycles. The van der Waals surface area contributed by atoms with E-state index in [0.29, 0.717) is 11.3 Å². The van der Waals surface area contributed by atoms with Crippen LogP contribution in [-0.4, -0.2) is 39.6 Å². The molecule has 5 heteroatoms. The fourth-order valence-corrected chi connectivity index (χ4v) is 3.82. The van der Waals surface area contributed by atoms with Crippen molar-refractivity contribution in [2.75, 3.05) is 17.2 Å². The Morgan fingerprint density at radius 3 is 3.06 bits per heavy atom. The van der Waals surface area contributed by atoms with Crippen molar-refractivity contribution < 1.29 is 9.90 Å². The van der Waals surface area contributed by atoms with Crippen LogP contribution >= 0.6 is 11.8 Å². The predicted octanol–water partition coefficient (Wildman–Crippen LogP) is 1.47. The number of carboxylic acids is 1. The lowest BCUT2D eigenvalue weighted by molar-refractivity contribution is 0.0690. The molecule has 0 saturated carbocycles. The highest BCUT2D eigenvalue weighted by Gasteiger charge is 2.39. The van der Waals surface area contributed by atoms with Gasteiger partial charge in [-0.15, -0.1) is 0 Å². The lowest BCUT2D eigenvalue weighted by Crippen LogP contribution is -2.34. The molecule has 2 saturated heterocycles. The number of carbonyl (C=O) groups is 1. The van der Waals surface area contributed by atoms with Crippen LogP contribution in [0.2, 0.25) is 0 Å². The number of rotatable bonds is 2. The minimum absolute atomic E-state index is 0.132. The molecule has 2 bridgehead atoms. The highest BCUT2D eigenvalue weighted by molar-refractivity contribution is 8.00. The molecule has 2 atom stereocenters. The summed E-state index contributed by atoms with van der Waals surface area (Å²) in [6.45, 7) is 1.01. The summed E-state index contributed by atoms with van der Waals surface area (Å²) in [5, 5.41) is 9.61. The number of carboxylic acid groups (broad SMARTS) is 1. The molecule has 2 aliphatic heterocycles. The van der Waals surface area contributed by atoms with Gasteiger partial charge in [0.25, 0.3) is 0 Å². The smallest absolute Gasteiger partial charge is 0.354 e. The van der Waals surface area contributed by atoms with Crippen LogP contribution in [0.1, 0.15) is 16.9 Å². The first-order valence-corrected chi connectivity index (χ1v) is 6.37. The molecule has 4 nitrogen and oxygen atoms in total. The molecular formula is C11H12N2O2S. The lowest BCUT2D eigenvalue weighted by Gasteiger charge is -2.27. The van der Waals surface area contributed by atoms with Crippen LogP contribution in [0.15, 0.2) is 18.2 Å². The van der Waals surface area contributed by atoms with Crippen molar-refractivity contribution in [1.82, 2.24) is 4.98 Å². The molecule has 0 unspecified atom stereocenters. The Balaban J connectivity index is 1.89. The zero-order valence-corrected chi connectivity index (χ0v) is 9.48. The number of thioether (sulfide) groups is 1. The molecule has 0 radical (unpaired) electrons. The maximum absolute atomic E-state index is 10.8. The molecule has 1 N–H and O–H groups in total. The molecule has 0 amide bonds. The van der Waals surface area contributed by atoms with Crippen LogP contribution < -0.4 is 4.90 Å². The number of hydrogen-bond acceptors (Lipinski definition) is 4. The minimum Gasteiger partial charge on any atom is -0.477 e. The van der Waals surface area contributed by atoms with E-state index in [1.165, 1.54) is 12.5 Å². The second kappa shape index (κ2) is 3.66. The Morgan fingerprint density at radius 2 is 2.44 bits per heavy atom. The normalized spacial score (nSPS) is 27.4. The Morgan fingerprint density at radius 1 is 1.56 bits per heavy atom. The quantitative estimate of drug-likeness (QED) is 0.842. The van der Waals surface area contributed by atoms with Crippen molar-refractivity contribution in [2.24, 2.45) is 0 Å². The largest absolute Gasteiger partial charge is 0.477 e. The standard InChI is InChI=1S/C11H12N2O2S/c14-11(15)9-2-1-3-10(12-9)13-5-8-4-7(13)6-16-8/h1-3,7-8H,4-6H2,(H,14,15)/t7-,8-/m0/s1. The molecule has 2 aliphatic rings.